The van der Waals surface area contributed by atoms with E-state index in [1.54, 1.807) is 13.0 Å². The fraction of sp³-hybridized carbons (Fsp3) is 0.444. The number of hydrogen-bond acceptors (Lipinski definition) is 6. The van der Waals surface area contributed by atoms with Crippen molar-refractivity contribution in [1.82, 2.24) is 20.9 Å². The van der Waals surface area contributed by atoms with Gasteiger partial charge in [-0.25, -0.2) is 0 Å². The minimum Gasteiger partial charge on any atom is -0.434 e. The number of aliphatic hydroxyl groups is 1. The fourth-order valence-corrected chi connectivity index (χ4v) is 4.80. The van der Waals surface area contributed by atoms with E-state index in [4.69, 9.17) is 4.74 Å². The molecule has 7 nitrogen and oxygen atoms in total. The Kier molecular flexibility index (Phi) is 7.80. The lowest BCUT2D eigenvalue weighted by Crippen LogP contribution is -2.45. The number of nitrogens with zero attached hydrogens (tertiary/aromatic N) is 2. The molecule has 1 amide bonds. The Morgan fingerprint density at radius 2 is 1.86 bits per heavy atom. The van der Waals surface area contributed by atoms with Crippen molar-refractivity contribution in [3.63, 3.8) is 0 Å². The molecule has 1 fully saturated rings. The minimum atomic E-state index is -3.05. The Balaban J connectivity index is 1.60. The second-order valence-corrected chi connectivity index (χ2v) is 9.60. The van der Waals surface area contributed by atoms with Crippen molar-refractivity contribution in [3.05, 3.63) is 69.9 Å². The summed E-state index contributed by atoms with van der Waals surface area (Å²) in [6, 6.07) is 9.33. The number of amides is 1. The van der Waals surface area contributed by atoms with Crippen LogP contribution in [0.3, 0.4) is 0 Å². The molecule has 0 aromatic heterocycles. The predicted octanol–water partition coefficient (Wildman–Crippen LogP) is 4.12. The first-order valence-electron chi connectivity index (χ1n) is 12.2. The maximum atomic E-state index is 13.2. The van der Waals surface area contributed by atoms with Gasteiger partial charge in [0, 0.05) is 25.9 Å². The summed E-state index contributed by atoms with van der Waals surface area (Å²) in [5.74, 6) is -0.624. The van der Waals surface area contributed by atoms with E-state index in [0.717, 1.165) is 40.8 Å². The molecule has 9 heteroatoms. The largest absolute Gasteiger partial charge is 0.434 e. The second kappa shape index (κ2) is 10.8. The van der Waals surface area contributed by atoms with Crippen LogP contribution in [-0.2, 0) is 6.42 Å². The quantitative estimate of drug-likeness (QED) is 0.531. The lowest BCUT2D eigenvalue weighted by Gasteiger charge is -2.29. The van der Waals surface area contributed by atoms with E-state index in [0.29, 0.717) is 24.8 Å². The van der Waals surface area contributed by atoms with Crippen LogP contribution in [0.25, 0.3) is 5.70 Å². The summed E-state index contributed by atoms with van der Waals surface area (Å²) in [4.78, 5) is 13.2. The number of benzene rings is 2. The number of aliphatic hydroxyl groups excluding tert-OH is 1. The van der Waals surface area contributed by atoms with E-state index < -0.39 is 24.7 Å². The molecule has 1 saturated carbocycles. The van der Waals surface area contributed by atoms with Crippen LogP contribution in [0, 0.1) is 13.8 Å². The predicted molar refractivity (Wildman–Crippen MR) is 134 cm³/mol. The number of hydrogen-bond donors (Lipinski definition) is 3. The highest BCUT2D eigenvalue weighted by molar-refractivity contribution is 5.98. The number of nitrogens with one attached hydrogen (secondary N) is 2. The third-order valence-corrected chi connectivity index (χ3v) is 7.18. The van der Waals surface area contributed by atoms with Gasteiger partial charge in [0.25, 0.3) is 5.91 Å². The van der Waals surface area contributed by atoms with Crippen molar-refractivity contribution < 1.29 is 23.4 Å². The summed E-state index contributed by atoms with van der Waals surface area (Å²) in [5.41, 5.74) is 8.53. The van der Waals surface area contributed by atoms with Crippen LogP contribution in [0.15, 0.2) is 36.5 Å². The highest BCUT2D eigenvalue weighted by Crippen LogP contribution is 2.33. The first-order chi connectivity index (χ1) is 17.1. The van der Waals surface area contributed by atoms with Crippen molar-refractivity contribution in [2.75, 3.05) is 14.1 Å². The number of carbonyl (C=O) groups is 1. The number of halogens is 2. The molecule has 2 aliphatic rings. The molecule has 0 spiro atoms. The summed E-state index contributed by atoms with van der Waals surface area (Å²) < 4.78 is 31.3. The van der Waals surface area contributed by atoms with E-state index in [1.165, 1.54) is 0 Å². The van der Waals surface area contributed by atoms with Crippen molar-refractivity contribution in [2.24, 2.45) is 0 Å². The zero-order valence-electron chi connectivity index (χ0n) is 21.1. The summed E-state index contributed by atoms with van der Waals surface area (Å²) in [6.45, 7) is 0.491. The van der Waals surface area contributed by atoms with E-state index in [2.05, 4.69) is 10.7 Å². The van der Waals surface area contributed by atoms with Crippen molar-refractivity contribution in [1.29, 1.82) is 0 Å². The number of carbonyl (C=O) groups excluding carboxylic acids is 1. The van der Waals surface area contributed by atoms with E-state index in [-0.39, 0.29) is 11.3 Å². The molecular formula is C27H34F2N4O3. The van der Waals surface area contributed by atoms with Gasteiger partial charge >= 0.3 is 6.61 Å². The molecule has 1 heterocycles. The lowest BCUT2D eigenvalue weighted by atomic mass is 9.91. The Labute approximate surface area is 210 Å². The van der Waals surface area contributed by atoms with E-state index in [1.807, 2.05) is 61.6 Å². The van der Waals surface area contributed by atoms with Gasteiger partial charge in [-0.2, -0.15) is 8.78 Å². The highest BCUT2D eigenvalue weighted by Gasteiger charge is 2.28. The Hall–Kier alpha value is -3.17. The summed E-state index contributed by atoms with van der Waals surface area (Å²) in [7, 11) is 3.87. The smallest absolute Gasteiger partial charge is 0.387 e. The van der Waals surface area contributed by atoms with Crippen molar-refractivity contribution >= 4 is 11.6 Å². The summed E-state index contributed by atoms with van der Waals surface area (Å²) >= 11 is 0. The standard InChI is InChI=1S/C27H34F2N4O3/c1-16-17(2)25(36-27(28)29)21(26(35)30-22-7-5-6-8-24(22)34)14-20(16)13-18-9-11-19(12-10-18)23-15-32(3)33(4)31-23/h9-12,14-15,22,24,27,31,34H,5-8,13H2,1-4H3,(H,30,35)/t22-,24-/m0/s1. The van der Waals surface area contributed by atoms with Crippen molar-refractivity contribution in [3.8, 4) is 5.75 Å². The van der Waals surface area contributed by atoms with Crippen LogP contribution in [0.1, 0.15) is 63.9 Å². The third kappa shape index (κ3) is 5.63. The molecule has 0 unspecified atom stereocenters. The van der Waals surface area contributed by atoms with Gasteiger partial charge in [0.1, 0.15) is 5.75 Å². The van der Waals surface area contributed by atoms with Crippen LogP contribution in [0.2, 0.25) is 0 Å². The highest BCUT2D eigenvalue weighted by atomic mass is 19.3. The zero-order chi connectivity index (χ0) is 26.0. The van der Waals surface area contributed by atoms with Crippen LogP contribution in [-0.4, -0.2) is 54.0 Å². The van der Waals surface area contributed by atoms with Gasteiger partial charge in [0.05, 0.1) is 23.4 Å². The van der Waals surface area contributed by atoms with Crippen molar-refractivity contribution in [2.45, 2.75) is 64.7 Å². The van der Waals surface area contributed by atoms with E-state index >= 15 is 0 Å². The molecule has 0 saturated heterocycles. The molecule has 0 bridgehead atoms. The number of alkyl halides is 2. The first kappa shape index (κ1) is 25.9. The minimum absolute atomic E-state index is 0.0641. The van der Waals surface area contributed by atoms with Gasteiger partial charge < -0.3 is 15.2 Å². The molecule has 2 aromatic rings. The normalized spacial score (nSPS) is 20.3. The molecule has 194 valence electrons. The molecule has 1 aliphatic heterocycles. The average Bonchev–Trinajstić information content (AvgIpc) is 3.18. The zero-order valence-corrected chi connectivity index (χ0v) is 21.1. The maximum absolute atomic E-state index is 13.2. The van der Waals surface area contributed by atoms with Crippen LogP contribution < -0.4 is 15.5 Å². The Morgan fingerprint density at radius 3 is 2.47 bits per heavy atom. The molecule has 0 radical (unpaired) electrons. The molecule has 4 rings (SSSR count). The molecule has 1 aliphatic carbocycles. The Morgan fingerprint density at radius 1 is 1.17 bits per heavy atom. The third-order valence-electron chi connectivity index (χ3n) is 7.18. The summed E-state index contributed by atoms with van der Waals surface area (Å²) in [5, 5.41) is 16.9. The number of rotatable bonds is 7. The monoisotopic (exact) mass is 500 g/mol. The second-order valence-electron chi connectivity index (χ2n) is 9.60. The maximum Gasteiger partial charge on any atom is 0.387 e. The first-order valence-corrected chi connectivity index (χ1v) is 12.2. The van der Waals surface area contributed by atoms with Crippen LogP contribution >= 0.6 is 0 Å². The fourth-order valence-electron chi connectivity index (χ4n) is 4.80. The van der Waals surface area contributed by atoms with Gasteiger partial charge in [-0.1, -0.05) is 37.1 Å². The van der Waals surface area contributed by atoms with Gasteiger partial charge in [0.15, 0.2) is 0 Å². The lowest BCUT2D eigenvalue weighted by molar-refractivity contribution is -0.0507. The molecule has 36 heavy (non-hydrogen) atoms. The number of ether oxygens (including phenoxy) is 1. The van der Waals surface area contributed by atoms with Gasteiger partial charge in [-0.3, -0.25) is 15.2 Å². The number of hydrazine groups is 2. The molecule has 2 aromatic carbocycles. The van der Waals surface area contributed by atoms with Crippen LogP contribution in [0.5, 0.6) is 5.75 Å². The molecular weight excluding hydrogens is 466 g/mol. The SMILES string of the molecule is Cc1c(Cc2ccc(C3=CN(C)N(C)N3)cc2)cc(C(=O)N[C@H]2CCCC[C@@H]2O)c(OC(F)F)c1C. The van der Waals surface area contributed by atoms with E-state index in [9.17, 15) is 18.7 Å². The van der Waals surface area contributed by atoms with Crippen LogP contribution in [0.4, 0.5) is 8.78 Å². The topological polar surface area (TPSA) is 77.1 Å². The summed E-state index contributed by atoms with van der Waals surface area (Å²) in [6.07, 6.45) is 4.95. The Bertz CT molecular complexity index is 1140. The van der Waals surface area contributed by atoms with Gasteiger partial charge in [0.2, 0.25) is 0 Å². The van der Waals surface area contributed by atoms with Gasteiger partial charge in [-0.15, -0.1) is 5.12 Å². The van der Waals surface area contributed by atoms with Gasteiger partial charge in [-0.05, 0) is 61.4 Å². The molecule has 3 N–H and O–H groups in total. The molecule has 2 atom stereocenters. The average molecular weight is 501 g/mol.